The molecule has 0 saturated carbocycles. The number of nitrogens with two attached hydrogens (primary N) is 4. The number of aromatic nitrogens is 3. The van der Waals surface area contributed by atoms with Crippen molar-refractivity contribution in [1.82, 2.24) is 19.7 Å². The van der Waals surface area contributed by atoms with Gasteiger partial charge in [0.2, 0.25) is 5.91 Å². The Balaban J connectivity index is 0.000000321. The summed E-state index contributed by atoms with van der Waals surface area (Å²) in [5.74, 6) is -4.88. The Morgan fingerprint density at radius 2 is 1.67 bits per heavy atom. The second-order valence-electron chi connectivity index (χ2n) is 9.88. The van der Waals surface area contributed by atoms with Gasteiger partial charge in [-0.2, -0.15) is 0 Å². The number of primary amides is 2. The third-order valence-electron chi connectivity index (χ3n) is 6.79. The topological polar surface area (TPSA) is 307 Å². The van der Waals surface area contributed by atoms with Gasteiger partial charge in [-0.3, -0.25) is 28.4 Å². The fourth-order valence-corrected chi connectivity index (χ4v) is 4.33. The fourth-order valence-electron chi connectivity index (χ4n) is 4.33. The van der Waals surface area contributed by atoms with E-state index in [0.29, 0.717) is 12.2 Å². The molecule has 1 atom stereocenters. The van der Waals surface area contributed by atoms with Crippen molar-refractivity contribution < 1.29 is 33.8 Å². The van der Waals surface area contributed by atoms with Crippen LogP contribution in [0.1, 0.15) is 59.0 Å². The average molecular weight is 694 g/mol. The minimum atomic E-state index is -1.43. The predicted molar refractivity (Wildman–Crippen MR) is 176 cm³/mol. The molecule has 0 spiro atoms. The number of nitrogen functional groups attached to an aromatic ring is 1. The number of hydrogen-bond donors (Lipinski definition) is 7. The highest BCUT2D eigenvalue weighted by Crippen LogP contribution is 2.19. The molecule has 49 heavy (non-hydrogen) atoms. The molecule has 0 aliphatic carbocycles. The van der Waals surface area contributed by atoms with Crippen molar-refractivity contribution in [3.8, 4) is 0 Å². The molecule has 0 saturated heterocycles. The Morgan fingerprint density at radius 3 is 2.22 bits per heavy atom. The number of ether oxygens (including phenoxy) is 1. The van der Waals surface area contributed by atoms with E-state index in [1.165, 1.54) is 31.4 Å². The molecule has 3 aromatic carbocycles. The molecule has 5 aromatic rings. The van der Waals surface area contributed by atoms with Crippen LogP contribution in [-0.4, -0.2) is 56.2 Å². The maximum atomic E-state index is 12.8. The van der Waals surface area contributed by atoms with Crippen LogP contribution in [0.15, 0.2) is 70.5 Å². The molecule has 2 aromatic heterocycles. The summed E-state index contributed by atoms with van der Waals surface area (Å²) in [5.41, 5.74) is 21.1. The molecular formula is C30H28ClN9O9. The average Bonchev–Trinajstić information content (AvgIpc) is 3.53. The zero-order chi connectivity index (χ0) is 35.3. The van der Waals surface area contributed by atoms with Crippen molar-refractivity contribution >= 4 is 64.8 Å². The van der Waals surface area contributed by atoms with Crippen molar-refractivity contribution in [2.45, 2.75) is 12.6 Å². The Morgan fingerprint density at radius 1 is 1.00 bits per heavy atom. The minimum Gasteiger partial charge on any atom is -0.477 e. The summed E-state index contributed by atoms with van der Waals surface area (Å²) in [4.78, 5) is 89.2. The molecule has 19 heteroatoms. The fraction of sp³-hybridized carbons (Fsp3) is 0.100. The van der Waals surface area contributed by atoms with Gasteiger partial charge < -0.3 is 43.4 Å². The van der Waals surface area contributed by atoms with Crippen molar-refractivity contribution in [2.75, 3.05) is 18.2 Å². The van der Waals surface area contributed by atoms with E-state index in [1.54, 1.807) is 12.1 Å². The number of anilines is 3. The Bertz CT molecular complexity index is 2160. The van der Waals surface area contributed by atoms with Crippen LogP contribution in [0.2, 0.25) is 0 Å². The van der Waals surface area contributed by atoms with E-state index in [9.17, 15) is 38.7 Å². The van der Waals surface area contributed by atoms with E-state index < -0.39 is 57.9 Å². The summed E-state index contributed by atoms with van der Waals surface area (Å²) in [6.07, 6.45) is 1.03. The number of carboxylic acids is 1. The number of carboxylic acid groups (broad SMARTS) is 1. The monoisotopic (exact) mass is 693 g/mol. The van der Waals surface area contributed by atoms with Crippen molar-refractivity contribution in [3.63, 3.8) is 0 Å². The number of carbonyl (C=O) groups excluding carboxylic acids is 4. The lowest BCUT2D eigenvalue weighted by Crippen LogP contribution is -2.38. The molecule has 0 aliphatic rings. The summed E-state index contributed by atoms with van der Waals surface area (Å²) >= 11 is 0. The molecule has 0 radical (unpaired) electrons. The first kappa shape index (κ1) is 36.8. The lowest BCUT2D eigenvalue weighted by Gasteiger charge is -2.16. The molecule has 18 nitrogen and oxygen atoms in total. The number of fused-ring (bicyclic) bond motifs is 1. The van der Waals surface area contributed by atoms with Crippen LogP contribution < -0.4 is 44.4 Å². The van der Waals surface area contributed by atoms with Crippen LogP contribution in [-0.2, 0) is 16.1 Å². The Hall–Kier alpha value is -6.66. The molecule has 0 bridgehead atoms. The summed E-state index contributed by atoms with van der Waals surface area (Å²) in [5, 5.41) is 14.6. The van der Waals surface area contributed by atoms with E-state index in [-0.39, 0.29) is 46.2 Å². The second-order valence-corrected chi connectivity index (χ2v) is 9.88. The number of nitrogens with one attached hydrogen (secondary N) is 2. The van der Waals surface area contributed by atoms with Gasteiger partial charge in [0.15, 0.2) is 11.3 Å². The molecule has 11 N–H and O–H groups in total. The first-order valence-electron chi connectivity index (χ1n) is 13.6. The Labute approximate surface area is 281 Å². The number of amides is 3. The van der Waals surface area contributed by atoms with Gasteiger partial charge >= 0.3 is 11.9 Å². The van der Waals surface area contributed by atoms with Gasteiger partial charge in [-0.25, -0.2) is 19.6 Å². The molecule has 2 heterocycles. The molecule has 0 unspecified atom stereocenters. The maximum absolute atomic E-state index is 12.8. The van der Waals surface area contributed by atoms with Crippen LogP contribution in [0.25, 0.3) is 5.65 Å². The van der Waals surface area contributed by atoms with E-state index in [4.69, 9.17) is 22.9 Å². The number of methoxy groups -OCH3 is 1. The van der Waals surface area contributed by atoms with Gasteiger partial charge in [0.25, 0.3) is 22.7 Å². The number of aromatic carboxylic acids is 1. The van der Waals surface area contributed by atoms with Crippen LogP contribution in [0.4, 0.5) is 17.1 Å². The summed E-state index contributed by atoms with van der Waals surface area (Å²) in [6.45, 7) is 0.414. The van der Waals surface area contributed by atoms with Crippen LogP contribution in [0.5, 0.6) is 0 Å². The van der Waals surface area contributed by atoms with E-state index in [1.807, 2.05) is 12.1 Å². The third kappa shape index (κ3) is 7.84. The summed E-state index contributed by atoms with van der Waals surface area (Å²) in [7, 11) is 1.21. The molecule has 0 aliphatic heterocycles. The highest BCUT2D eigenvalue weighted by molar-refractivity contribution is 6.01. The third-order valence-corrected chi connectivity index (χ3v) is 6.79. The Kier molecular flexibility index (Phi) is 11.5. The molecule has 254 valence electrons. The highest BCUT2D eigenvalue weighted by atomic mass is 35.5. The largest absolute Gasteiger partial charge is 0.477 e. The second kappa shape index (κ2) is 15.3. The van der Waals surface area contributed by atoms with Crippen LogP contribution in [0.3, 0.4) is 0 Å². The number of hydrogen-bond acceptors (Lipinski definition) is 13. The molecular weight excluding hydrogens is 666 g/mol. The van der Waals surface area contributed by atoms with E-state index in [0.717, 1.165) is 22.4 Å². The number of imidazole rings is 1. The number of rotatable bonds is 10. The quantitative estimate of drug-likeness (QED) is 0.0733. The van der Waals surface area contributed by atoms with E-state index >= 15 is 0 Å². The summed E-state index contributed by atoms with van der Waals surface area (Å²) in [6, 6.07) is 12.4. The normalized spacial score (nSPS) is 11.0. The number of benzene rings is 2. The zero-order valence-electron chi connectivity index (χ0n) is 25.3. The SMILES string of the molecule is COC(=O)c1ccc([C@@H](NC(=O)c2cc(C(=O)O)n3cnc(C(N)=O)c3n2)C(N)=O)cc1.Cl.NCc1cccc(Nc2c(N)c(=O)c2=O)c1. The molecule has 3 amide bonds. The smallest absolute Gasteiger partial charge is 0.353 e. The van der Waals surface area contributed by atoms with Gasteiger partial charge in [-0.05, 0) is 35.4 Å². The number of carbonyl (C=O) groups is 5. The standard InChI is InChI=1S/C19H16N6O7.C11H11N3O2.ClH/c1-32-19(31)9-4-2-8(3-5-9)12(14(20)26)24-17(28)10-6-11(18(29)30)25-7-22-13(15(21)27)16(25)23-10;12-5-6-2-1-3-7(4-6)14-9-8(13)10(15)11(9)16;/h2-7,12H,1H3,(H2,20,26)(H2,21,27)(H,24,28)(H,29,30);1-4,14H,5,12-13H2;1H/t12-;;/m1../s1. The highest BCUT2D eigenvalue weighted by Gasteiger charge is 2.25. The van der Waals surface area contributed by atoms with Crippen LogP contribution >= 0.6 is 12.4 Å². The van der Waals surface area contributed by atoms with E-state index in [2.05, 4.69) is 25.3 Å². The lowest BCUT2D eigenvalue weighted by atomic mass is 10.0. The van der Waals surface area contributed by atoms with Crippen molar-refractivity contribution in [1.29, 1.82) is 0 Å². The lowest BCUT2D eigenvalue weighted by molar-refractivity contribution is -0.120. The number of esters is 1. The minimum absolute atomic E-state index is 0. The molecule has 0 fully saturated rings. The van der Waals surface area contributed by atoms with Crippen molar-refractivity contribution in [3.05, 3.63) is 115 Å². The number of nitrogens with zero attached hydrogens (tertiary/aromatic N) is 3. The van der Waals surface area contributed by atoms with Gasteiger partial charge in [-0.1, -0.05) is 24.3 Å². The predicted octanol–water partition coefficient (Wildman–Crippen LogP) is -0.242. The van der Waals surface area contributed by atoms with Gasteiger partial charge in [-0.15, -0.1) is 12.4 Å². The zero-order valence-corrected chi connectivity index (χ0v) is 26.1. The van der Waals surface area contributed by atoms with Gasteiger partial charge in [0.05, 0.1) is 12.7 Å². The molecule has 5 rings (SSSR count). The van der Waals surface area contributed by atoms with Crippen LogP contribution in [0, 0.1) is 0 Å². The maximum Gasteiger partial charge on any atom is 0.353 e. The van der Waals surface area contributed by atoms with Crippen molar-refractivity contribution in [2.24, 2.45) is 17.2 Å². The van der Waals surface area contributed by atoms with Gasteiger partial charge in [0.1, 0.15) is 35.1 Å². The number of halogens is 1. The first-order chi connectivity index (χ1) is 22.8. The van der Waals surface area contributed by atoms with Gasteiger partial charge in [0, 0.05) is 18.3 Å². The first-order valence-corrected chi connectivity index (χ1v) is 13.6. The summed E-state index contributed by atoms with van der Waals surface area (Å²) < 4.78 is 5.58.